The van der Waals surface area contributed by atoms with Crippen LogP contribution in [0.5, 0.6) is 0 Å². The van der Waals surface area contributed by atoms with Gasteiger partial charge in [0.2, 0.25) is 11.8 Å². The van der Waals surface area contributed by atoms with Crippen LogP contribution in [0.2, 0.25) is 0 Å². The number of carbonyl (C=O) groups excluding carboxylic acids is 2. The van der Waals surface area contributed by atoms with E-state index in [0.29, 0.717) is 36.3 Å². The molecule has 1 aliphatic carbocycles. The zero-order valence-electron chi connectivity index (χ0n) is 19.9. The minimum absolute atomic E-state index is 0.138. The number of nitrogens with two attached hydrogens (primary N) is 1. The van der Waals surface area contributed by atoms with Crippen LogP contribution in [0.1, 0.15) is 60.5 Å². The molecule has 2 amide bonds. The number of nitrogens with zero attached hydrogens (tertiary/aromatic N) is 2. The molecule has 0 radical (unpaired) electrons. The van der Waals surface area contributed by atoms with Gasteiger partial charge < -0.3 is 26.4 Å². The van der Waals surface area contributed by atoms with Gasteiger partial charge in [0, 0.05) is 19.1 Å². The molecule has 3 heterocycles. The number of hydrogen-bond acceptors (Lipinski definition) is 6. The molecule has 2 fully saturated rings. The molecule has 5 N–H and O–H groups in total. The first-order valence-electron chi connectivity index (χ1n) is 11.7. The maximum absolute atomic E-state index is 15.3. The number of aromatic nitrogens is 1. The van der Waals surface area contributed by atoms with Crippen LogP contribution in [-0.2, 0) is 9.59 Å². The van der Waals surface area contributed by atoms with Gasteiger partial charge in [0.25, 0.3) is 5.56 Å². The molecule has 0 spiro atoms. The Morgan fingerprint density at radius 3 is 2.49 bits per heavy atom. The van der Waals surface area contributed by atoms with Gasteiger partial charge in [-0.15, -0.1) is 0 Å². The molecule has 2 aromatic rings. The normalized spacial score (nSPS) is 19.5. The van der Waals surface area contributed by atoms with E-state index in [0.717, 1.165) is 29.0 Å². The van der Waals surface area contributed by atoms with Crippen molar-refractivity contribution in [3.05, 3.63) is 45.1 Å². The number of fused-ring (bicyclic) bond motifs is 1. The van der Waals surface area contributed by atoms with E-state index >= 15 is 4.39 Å². The number of nitrogens with one attached hydrogen (secondary N) is 2. The summed E-state index contributed by atoms with van der Waals surface area (Å²) >= 11 is 0. The maximum Gasteiger partial charge on any atom is 0.341 e. The largest absolute Gasteiger partial charge is 0.477 e. The van der Waals surface area contributed by atoms with Gasteiger partial charge >= 0.3 is 5.97 Å². The highest BCUT2D eigenvalue weighted by Gasteiger charge is 2.33. The first-order chi connectivity index (χ1) is 16.5. The van der Waals surface area contributed by atoms with Gasteiger partial charge in [-0.25, -0.2) is 9.18 Å². The molecule has 10 nitrogen and oxygen atoms in total. The predicted octanol–water partition coefficient (Wildman–Crippen LogP) is 0.869. The molecular weight excluding hydrogens is 457 g/mol. The first kappa shape index (κ1) is 24.6. The molecule has 35 heavy (non-hydrogen) atoms. The monoisotopic (exact) mass is 487 g/mol. The minimum atomic E-state index is -1.34. The third kappa shape index (κ3) is 4.72. The van der Waals surface area contributed by atoms with Crippen molar-refractivity contribution in [1.29, 1.82) is 0 Å². The number of aromatic carboxylic acids is 1. The number of hydrogen-bond donors (Lipinski definition) is 4. The Hall–Kier alpha value is -3.47. The second-order valence-electron chi connectivity index (χ2n) is 9.53. The van der Waals surface area contributed by atoms with E-state index < -0.39 is 35.3 Å². The number of rotatable bonds is 7. The van der Waals surface area contributed by atoms with Crippen molar-refractivity contribution < 1.29 is 23.9 Å². The summed E-state index contributed by atoms with van der Waals surface area (Å²) in [6, 6.07) is -0.326. The van der Waals surface area contributed by atoms with E-state index in [1.807, 2.05) is 4.90 Å². The maximum atomic E-state index is 15.3. The molecule has 3 atom stereocenters. The van der Waals surface area contributed by atoms with Crippen LogP contribution in [0, 0.1) is 12.7 Å². The standard InChI is InChI=1S/C24H30FN5O5/c1-11-19-16(14-4-5-14)8-17(24(34)35)23(33)30(19)10-18(25)20(11)29-7-6-15(9-29)28-22(32)13(3)27-21(31)12(2)26/h8,10,12-15H,4-7,9,26H2,1-3H3,(H,27,31)(H,28,32)(H,34,35)/t12-,13-,15-/m0/s1. The van der Waals surface area contributed by atoms with Crippen molar-refractivity contribution >= 4 is 29.0 Å². The fourth-order valence-corrected chi connectivity index (χ4v) is 4.71. The van der Waals surface area contributed by atoms with Crippen molar-refractivity contribution in [2.45, 2.75) is 64.1 Å². The second-order valence-corrected chi connectivity index (χ2v) is 9.53. The van der Waals surface area contributed by atoms with Gasteiger partial charge in [0.1, 0.15) is 11.6 Å². The lowest BCUT2D eigenvalue weighted by Gasteiger charge is -2.24. The Kier molecular flexibility index (Phi) is 6.54. The molecule has 2 aromatic heterocycles. The highest BCUT2D eigenvalue weighted by Crippen LogP contribution is 2.44. The van der Waals surface area contributed by atoms with Gasteiger partial charge in [-0.2, -0.15) is 0 Å². The van der Waals surface area contributed by atoms with Crippen LogP contribution >= 0.6 is 0 Å². The summed E-state index contributed by atoms with van der Waals surface area (Å²) in [5.41, 5.74) is 6.57. The number of anilines is 1. The highest BCUT2D eigenvalue weighted by atomic mass is 19.1. The summed E-state index contributed by atoms with van der Waals surface area (Å²) in [6.45, 7) is 5.66. The Morgan fingerprint density at radius 2 is 1.89 bits per heavy atom. The molecule has 1 saturated heterocycles. The van der Waals surface area contributed by atoms with Crippen LogP contribution in [0.15, 0.2) is 17.1 Å². The van der Waals surface area contributed by atoms with Crippen molar-refractivity contribution in [2.75, 3.05) is 18.0 Å². The van der Waals surface area contributed by atoms with E-state index in [4.69, 9.17) is 5.73 Å². The Morgan fingerprint density at radius 1 is 1.20 bits per heavy atom. The molecule has 0 aromatic carbocycles. The van der Waals surface area contributed by atoms with Crippen molar-refractivity contribution in [1.82, 2.24) is 15.0 Å². The van der Waals surface area contributed by atoms with Crippen LogP contribution in [-0.4, -0.2) is 58.5 Å². The third-order valence-electron chi connectivity index (χ3n) is 6.71. The lowest BCUT2D eigenvalue weighted by atomic mass is 10.0. The van der Waals surface area contributed by atoms with Gasteiger partial charge in [-0.05, 0) is 63.1 Å². The Bertz CT molecular complexity index is 1270. The van der Waals surface area contributed by atoms with Crippen LogP contribution in [0.4, 0.5) is 10.1 Å². The minimum Gasteiger partial charge on any atom is -0.477 e. The van der Waals surface area contributed by atoms with Crippen molar-refractivity contribution in [3.63, 3.8) is 0 Å². The quantitative estimate of drug-likeness (QED) is 0.453. The Balaban J connectivity index is 1.60. The molecule has 1 saturated carbocycles. The molecule has 0 bridgehead atoms. The number of carbonyl (C=O) groups is 3. The van der Waals surface area contributed by atoms with E-state index in [1.54, 1.807) is 13.8 Å². The number of aryl methyl sites for hydroxylation is 1. The smallest absolute Gasteiger partial charge is 0.341 e. The van der Waals surface area contributed by atoms with Gasteiger partial charge in [0.15, 0.2) is 5.82 Å². The van der Waals surface area contributed by atoms with E-state index in [1.165, 1.54) is 13.0 Å². The van der Waals surface area contributed by atoms with Crippen molar-refractivity contribution in [3.8, 4) is 0 Å². The van der Waals surface area contributed by atoms with E-state index in [-0.39, 0.29) is 23.4 Å². The second kappa shape index (κ2) is 9.29. The molecular formula is C24H30FN5O5. The van der Waals surface area contributed by atoms with Gasteiger partial charge in [0.05, 0.1) is 23.4 Å². The lowest BCUT2D eigenvalue weighted by molar-refractivity contribution is -0.129. The average Bonchev–Trinajstić information content (AvgIpc) is 3.53. The number of pyridine rings is 2. The van der Waals surface area contributed by atoms with Crippen molar-refractivity contribution in [2.24, 2.45) is 5.73 Å². The van der Waals surface area contributed by atoms with Crippen LogP contribution in [0.3, 0.4) is 0 Å². The Labute approximate surface area is 201 Å². The van der Waals surface area contributed by atoms with Gasteiger partial charge in [-0.3, -0.25) is 18.8 Å². The molecule has 0 unspecified atom stereocenters. The number of halogens is 1. The average molecular weight is 488 g/mol. The lowest BCUT2D eigenvalue weighted by Crippen LogP contribution is -2.51. The topological polar surface area (TPSA) is 146 Å². The highest BCUT2D eigenvalue weighted by molar-refractivity contribution is 5.90. The summed E-state index contributed by atoms with van der Waals surface area (Å²) in [7, 11) is 0. The zero-order valence-corrected chi connectivity index (χ0v) is 19.9. The molecule has 188 valence electrons. The summed E-state index contributed by atoms with van der Waals surface area (Å²) in [6.07, 6.45) is 3.41. The third-order valence-corrected chi connectivity index (χ3v) is 6.71. The fraction of sp³-hybridized carbons (Fsp3) is 0.500. The van der Waals surface area contributed by atoms with Crippen LogP contribution in [0.25, 0.3) is 5.52 Å². The number of carboxylic acid groups (broad SMARTS) is 1. The van der Waals surface area contributed by atoms with Crippen LogP contribution < -0.4 is 26.8 Å². The SMILES string of the molecule is Cc1c(N2CC[C@H](NC(=O)[C@H](C)NC(=O)[C@H](C)N)C2)c(F)cn2c(=O)c(C(=O)O)cc(C3CC3)c12. The van der Waals surface area contributed by atoms with E-state index in [9.17, 15) is 24.3 Å². The first-order valence-corrected chi connectivity index (χ1v) is 11.7. The molecule has 11 heteroatoms. The molecule has 4 rings (SSSR count). The summed E-state index contributed by atoms with van der Waals surface area (Å²) in [5, 5.41) is 14.9. The summed E-state index contributed by atoms with van der Waals surface area (Å²) < 4.78 is 16.4. The van der Waals surface area contributed by atoms with Gasteiger partial charge in [-0.1, -0.05) is 0 Å². The fourth-order valence-electron chi connectivity index (χ4n) is 4.71. The predicted molar refractivity (Wildman–Crippen MR) is 127 cm³/mol. The molecule has 2 aliphatic rings. The summed E-state index contributed by atoms with van der Waals surface area (Å²) in [4.78, 5) is 50.5. The summed E-state index contributed by atoms with van der Waals surface area (Å²) in [5.74, 6) is -2.62. The number of amides is 2. The number of carboxylic acids is 1. The van der Waals surface area contributed by atoms with E-state index in [2.05, 4.69) is 10.6 Å². The zero-order chi connectivity index (χ0) is 25.6. The molecule has 1 aliphatic heterocycles.